The lowest BCUT2D eigenvalue weighted by Gasteiger charge is -2.26. The van der Waals surface area contributed by atoms with E-state index in [1.54, 1.807) is 24.3 Å². The van der Waals surface area contributed by atoms with Gasteiger partial charge in [0.25, 0.3) is 0 Å². The smallest absolute Gasteiger partial charge is 0.249 e. The van der Waals surface area contributed by atoms with E-state index in [0.717, 1.165) is 5.56 Å². The molecule has 0 aliphatic heterocycles. The predicted molar refractivity (Wildman–Crippen MR) is 165 cm³/mol. The molecule has 0 radical (unpaired) electrons. The summed E-state index contributed by atoms with van der Waals surface area (Å²) in [7, 11) is 0. The molecule has 0 bridgehead atoms. The Balaban J connectivity index is 2.16. The number of guanidine groups is 1. The summed E-state index contributed by atoms with van der Waals surface area (Å²) < 4.78 is 0. The van der Waals surface area contributed by atoms with Crippen molar-refractivity contribution in [2.45, 2.75) is 76.6 Å². The molecule has 0 saturated carbocycles. The van der Waals surface area contributed by atoms with Gasteiger partial charge in [-0.25, -0.2) is 0 Å². The van der Waals surface area contributed by atoms with Crippen LogP contribution in [-0.2, 0) is 32.0 Å². The molecule has 0 aliphatic rings. The number of hydrogen-bond acceptors (Lipinski definition) is 8. The van der Waals surface area contributed by atoms with Crippen molar-refractivity contribution in [3.63, 3.8) is 0 Å². The van der Waals surface area contributed by atoms with Crippen LogP contribution in [0.15, 0.2) is 53.5 Å². The predicted octanol–water partition coefficient (Wildman–Crippen LogP) is 0.387. The number of aryl methyl sites for hydroxylation is 1. The van der Waals surface area contributed by atoms with Crippen LogP contribution in [0.2, 0.25) is 0 Å². The zero-order chi connectivity index (χ0) is 32.6. The number of carbonyl (C=O) groups excluding carboxylic acids is 4. The van der Waals surface area contributed by atoms with Crippen LogP contribution in [0.4, 0.5) is 0 Å². The number of rotatable bonds is 18. The summed E-state index contributed by atoms with van der Waals surface area (Å²) in [4.78, 5) is 55.2. The molecule has 10 N–H and O–H groups in total. The van der Waals surface area contributed by atoms with Crippen LogP contribution in [0.1, 0.15) is 50.7 Å². The highest BCUT2D eigenvalue weighted by Gasteiger charge is 2.30. The molecule has 13 nitrogen and oxygen atoms in total. The van der Waals surface area contributed by atoms with Gasteiger partial charge < -0.3 is 47.5 Å². The molecule has 4 atom stereocenters. The second-order valence-electron chi connectivity index (χ2n) is 11.0. The molecule has 2 aromatic carbocycles. The zero-order valence-electron chi connectivity index (χ0n) is 25.1. The van der Waals surface area contributed by atoms with Gasteiger partial charge in [0.2, 0.25) is 17.7 Å². The number of amides is 3. The number of aliphatic hydroxyl groups excluding tert-OH is 1. The fraction of sp³-hybridized carbons (Fsp3) is 0.452. The molecule has 2 rings (SSSR count). The highest BCUT2D eigenvalue weighted by molar-refractivity contribution is 5.93. The first-order valence-electron chi connectivity index (χ1n) is 14.5. The van der Waals surface area contributed by atoms with E-state index in [9.17, 15) is 34.5 Å². The van der Waals surface area contributed by atoms with E-state index in [0.29, 0.717) is 31.1 Å². The Morgan fingerprint density at radius 3 is 1.91 bits per heavy atom. The summed E-state index contributed by atoms with van der Waals surface area (Å²) in [5.74, 6) is -1.91. The minimum Gasteiger partial charge on any atom is -0.508 e. The molecule has 240 valence electrons. The van der Waals surface area contributed by atoms with Crippen LogP contribution in [0.5, 0.6) is 11.5 Å². The number of carbonyl (C=O) groups is 4. The summed E-state index contributed by atoms with van der Waals surface area (Å²) >= 11 is 0. The number of phenolic OH excluding ortho intramolecular Hbond substituents is 2. The number of nitrogens with one attached hydrogen (secondary N) is 3. The number of aliphatic hydroxyl groups is 1. The van der Waals surface area contributed by atoms with Crippen LogP contribution in [0.25, 0.3) is 0 Å². The van der Waals surface area contributed by atoms with Crippen LogP contribution in [0.3, 0.4) is 0 Å². The second kappa shape index (κ2) is 18.1. The highest BCUT2D eigenvalue weighted by atomic mass is 16.3. The monoisotopic (exact) mass is 612 g/mol. The normalized spacial score (nSPS) is 13.6. The first-order valence-corrected chi connectivity index (χ1v) is 14.5. The van der Waals surface area contributed by atoms with Crippen LogP contribution >= 0.6 is 0 Å². The third-order valence-electron chi connectivity index (χ3n) is 6.76. The first-order chi connectivity index (χ1) is 20.9. The minimum atomic E-state index is -1.48. The molecule has 0 fully saturated rings. The summed E-state index contributed by atoms with van der Waals surface area (Å²) in [5.41, 5.74) is 12.0. The maximum absolute atomic E-state index is 13.5. The van der Waals surface area contributed by atoms with E-state index in [4.69, 9.17) is 11.5 Å². The van der Waals surface area contributed by atoms with Gasteiger partial charge in [-0.1, -0.05) is 38.1 Å². The van der Waals surface area contributed by atoms with Gasteiger partial charge in [0.15, 0.2) is 5.96 Å². The topological polar surface area (TPSA) is 229 Å². The Morgan fingerprint density at radius 2 is 1.36 bits per heavy atom. The molecular weight excluding hydrogens is 568 g/mol. The van der Waals surface area contributed by atoms with Gasteiger partial charge in [0.05, 0.1) is 6.04 Å². The Labute approximate surface area is 257 Å². The average molecular weight is 613 g/mol. The van der Waals surface area contributed by atoms with Gasteiger partial charge in [-0.3, -0.25) is 19.4 Å². The Bertz CT molecular complexity index is 1250. The number of aromatic hydroxyl groups is 2. The molecule has 0 saturated heterocycles. The summed E-state index contributed by atoms with van der Waals surface area (Å²) in [5, 5.41) is 37.6. The van der Waals surface area contributed by atoms with Crippen LogP contribution < -0.4 is 27.4 Å². The molecular formula is C31H44N6O7. The SMILES string of the molecule is CC(C)CC(NC(=O)C(CCc1ccc(O)cc1)NC(=O)C(O)Cc1ccc(O)cc1)C(=O)NC(C=O)CCCN=C(N)N. The maximum Gasteiger partial charge on any atom is 0.249 e. The lowest BCUT2D eigenvalue weighted by atomic mass is 10.00. The molecule has 2 aromatic rings. The van der Waals surface area contributed by atoms with Gasteiger partial charge in [0.1, 0.15) is 36.0 Å². The van der Waals surface area contributed by atoms with E-state index in [1.165, 1.54) is 24.3 Å². The van der Waals surface area contributed by atoms with Crippen LogP contribution in [-0.4, -0.2) is 76.1 Å². The fourth-order valence-corrected chi connectivity index (χ4v) is 4.41. The van der Waals surface area contributed by atoms with Crippen molar-refractivity contribution in [2.75, 3.05) is 6.54 Å². The maximum atomic E-state index is 13.5. The number of phenols is 2. The van der Waals surface area contributed by atoms with Crippen LogP contribution in [0, 0.1) is 5.92 Å². The molecule has 0 aliphatic carbocycles. The third-order valence-corrected chi connectivity index (χ3v) is 6.76. The second-order valence-corrected chi connectivity index (χ2v) is 11.0. The third kappa shape index (κ3) is 13.1. The van der Waals surface area contributed by atoms with Crippen molar-refractivity contribution in [3.8, 4) is 11.5 Å². The van der Waals surface area contributed by atoms with Crippen molar-refractivity contribution in [3.05, 3.63) is 59.7 Å². The summed E-state index contributed by atoms with van der Waals surface area (Å²) in [6, 6.07) is 9.48. The van der Waals surface area contributed by atoms with E-state index < -0.39 is 42.0 Å². The molecule has 0 heterocycles. The van der Waals surface area contributed by atoms with E-state index in [2.05, 4.69) is 20.9 Å². The standard InChI is InChI=1S/C31H44N6O7/c1-19(2)16-26(29(43)35-22(18-38)4-3-15-34-31(32)33)37-28(42)25(14-9-20-5-10-23(39)11-6-20)36-30(44)27(41)17-21-7-12-24(40)13-8-21/h5-8,10-13,18-19,22,25-27,39-41H,3-4,9,14-17H2,1-2H3,(H,35,43)(H,36,44)(H,37,42)(H4,32,33,34). The lowest BCUT2D eigenvalue weighted by molar-refractivity contribution is -0.135. The largest absolute Gasteiger partial charge is 0.508 e. The van der Waals surface area contributed by atoms with Gasteiger partial charge in [-0.2, -0.15) is 0 Å². The van der Waals surface area contributed by atoms with E-state index >= 15 is 0 Å². The van der Waals surface area contributed by atoms with Crippen molar-refractivity contribution in [1.29, 1.82) is 0 Å². The minimum absolute atomic E-state index is 0.000216. The molecule has 0 aromatic heterocycles. The summed E-state index contributed by atoms with van der Waals surface area (Å²) in [6.45, 7) is 4.04. The number of hydrogen-bond donors (Lipinski definition) is 8. The van der Waals surface area contributed by atoms with Crippen molar-refractivity contribution < 1.29 is 34.5 Å². The number of benzene rings is 2. The number of nitrogens with zero attached hydrogens (tertiary/aromatic N) is 1. The van der Waals surface area contributed by atoms with Crippen molar-refractivity contribution in [1.82, 2.24) is 16.0 Å². The molecule has 3 amide bonds. The number of nitrogens with two attached hydrogens (primary N) is 2. The van der Waals surface area contributed by atoms with Gasteiger partial charge >= 0.3 is 0 Å². The first kappa shape index (κ1) is 35.5. The molecule has 13 heteroatoms. The Kier molecular flexibility index (Phi) is 14.6. The van der Waals surface area contributed by atoms with Gasteiger partial charge in [-0.05, 0) is 73.4 Å². The molecule has 44 heavy (non-hydrogen) atoms. The summed E-state index contributed by atoms with van der Waals surface area (Å²) in [6.07, 6.45) is 0.553. The van der Waals surface area contributed by atoms with Crippen molar-refractivity contribution in [2.24, 2.45) is 22.4 Å². The lowest BCUT2D eigenvalue weighted by Crippen LogP contribution is -2.56. The Hall–Kier alpha value is -4.65. The van der Waals surface area contributed by atoms with E-state index in [1.807, 2.05) is 13.8 Å². The quantitative estimate of drug-likeness (QED) is 0.0503. The number of aldehydes is 1. The van der Waals surface area contributed by atoms with Gasteiger partial charge in [-0.15, -0.1) is 0 Å². The zero-order valence-corrected chi connectivity index (χ0v) is 25.1. The highest BCUT2D eigenvalue weighted by Crippen LogP contribution is 2.14. The fourth-order valence-electron chi connectivity index (χ4n) is 4.41. The van der Waals surface area contributed by atoms with E-state index in [-0.39, 0.29) is 49.2 Å². The molecule has 4 unspecified atom stereocenters. The molecule has 0 spiro atoms. The Morgan fingerprint density at radius 1 is 0.818 bits per heavy atom. The van der Waals surface area contributed by atoms with Crippen molar-refractivity contribution >= 4 is 30.0 Å². The number of aliphatic imine (C=N–C) groups is 1. The average Bonchev–Trinajstić information content (AvgIpc) is 2.97. The van der Waals surface area contributed by atoms with Gasteiger partial charge in [0, 0.05) is 13.0 Å².